The summed E-state index contributed by atoms with van der Waals surface area (Å²) in [6.07, 6.45) is 0.482. The van der Waals surface area contributed by atoms with Crippen LogP contribution in [0.1, 0.15) is 22.3 Å². The standard InChI is InChI=1S/C23H27N3O2/c27-21-11-20-13-25(22(28)19-9-5-2-6-10-19)17-23(26(20)14-21)15-24(16-23)12-18-7-3-1-4-8-18/h1-10,20-21,27H,11-17H2/t20-,21-/m1/s1. The van der Waals surface area contributed by atoms with Gasteiger partial charge < -0.3 is 10.0 Å². The minimum atomic E-state index is -0.281. The lowest BCUT2D eigenvalue weighted by atomic mass is 9.83. The number of likely N-dealkylation sites (tertiary alicyclic amines) is 1. The summed E-state index contributed by atoms with van der Waals surface area (Å²) >= 11 is 0. The Labute approximate surface area is 166 Å². The van der Waals surface area contributed by atoms with Gasteiger partial charge in [0.15, 0.2) is 0 Å². The molecule has 0 saturated carbocycles. The molecule has 0 radical (unpaired) electrons. The Kier molecular flexibility index (Phi) is 4.46. The second-order valence-corrected chi connectivity index (χ2v) is 8.60. The number of nitrogens with zero attached hydrogens (tertiary/aromatic N) is 3. The summed E-state index contributed by atoms with van der Waals surface area (Å²) in [5.41, 5.74) is 2.05. The van der Waals surface area contributed by atoms with Crippen LogP contribution >= 0.6 is 0 Å². The fourth-order valence-corrected chi connectivity index (χ4v) is 5.35. The molecule has 5 heteroatoms. The Bertz CT molecular complexity index is 835. The number of hydrogen-bond donors (Lipinski definition) is 1. The third-order valence-corrected chi connectivity index (χ3v) is 6.51. The van der Waals surface area contributed by atoms with Crippen LogP contribution in [-0.4, -0.2) is 76.1 Å². The topological polar surface area (TPSA) is 47.0 Å². The maximum Gasteiger partial charge on any atom is 0.253 e. The quantitative estimate of drug-likeness (QED) is 0.887. The van der Waals surface area contributed by atoms with Crippen molar-refractivity contribution in [2.75, 3.05) is 32.7 Å². The highest BCUT2D eigenvalue weighted by molar-refractivity contribution is 5.94. The van der Waals surface area contributed by atoms with Gasteiger partial charge in [-0.3, -0.25) is 14.6 Å². The highest BCUT2D eigenvalue weighted by Gasteiger charge is 2.56. The summed E-state index contributed by atoms with van der Waals surface area (Å²) in [5, 5.41) is 10.3. The molecule has 3 fully saturated rings. The molecule has 3 heterocycles. The van der Waals surface area contributed by atoms with Crippen molar-refractivity contribution in [2.45, 2.75) is 30.7 Å². The number of hydrogen-bond acceptors (Lipinski definition) is 4. The van der Waals surface area contributed by atoms with E-state index in [1.807, 2.05) is 41.3 Å². The summed E-state index contributed by atoms with van der Waals surface area (Å²) < 4.78 is 0. The van der Waals surface area contributed by atoms with E-state index in [1.54, 1.807) is 0 Å². The van der Waals surface area contributed by atoms with Crippen molar-refractivity contribution in [2.24, 2.45) is 0 Å². The highest BCUT2D eigenvalue weighted by atomic mass is 16.3. The van der Waals surface area contributed by atoms with Crippen molar-refractivity contribution in [3.63, 3.8) is 0 Å². The zero-order valence-electron chi connectivity index (χ0n) is 16.1. The molecule has 5 rings (SSSR count). The van der Waals surface area contributed by atoms with Crippen molar-refractivity contribution in [1.29, 1.82) is 0 Å². The molecular weight excluding hydrogens is 350 g/mol. The summed E-state index contributed by atoms with van der Waals surface area (Å²) in [5.74, 6) is 0.113. The molecule has 2 aromatic rings. The molecule has 1 spiro atoms. The predicted molar refractivity (Wildman–Crippen MR) is 108 cm³/mol. The van der Waals surface area contributed by atoms with Gasteiger partial charge in [0.2, 0.25) is 0 Å². The van der Waals surface area contributed by atoms with Gasteiger partial charge in [-0.25, -0.2) is 0 Å². The Morgan fingerprint density at radius 1 is 0.964 bits per heavy atom. The van der Waals surface area contributed by atoms with E-state index in [0.717, 1.165) is 44.7 Å². The molecule has 146 valence electrons. The average Bonchev–Trinajstić information content (AvgIpc) is 3.08. The van der Waals surface area contributed by atoms with E-state index >= 15 is 0 Å². The molecule has 3 saturated heterocycles. The van der Waals surface area contributed by atoms with Crippen molar-refractivity contribution >= 4 is 5.91 Å². The first-order valence-corrected chi connectivity index (χ1v) is 10.2. The lowest BCUT2D eigenvalue weighted by Gasteiger charge is -2.61. The lowest BCUT2D eigenvalue weighted by molar-refractivity contribution is -0.108. The first-order valence-electron chi connectivity index (χ1n) is 10.2. The molecule has 5 nitrogen and oxygen atoms in total. The van der Waals surface area contributed by atoms with Gasteiger partial charge in [-0.05, 0) is 24.1 Å². The number of carbonyl (C=O) groups excluding carboxylic acids is 1. The van der Waals surface area contributed by atoms with Gasteiger partial charge in [-0.2, -0.15) is 0 Å². The summed E-state index contributed by atoms with van der Waals surface area (Å²) in [7, 11) is 0. The van der Waals surface area contributed by atoms with Crippen LogP contribution in [0.4, 0.5) is 0 Å². The molecule has 2 aromatic carbocycles. The van der Waals surface area contributed by atoms with Crippen molar-refractivity contribution < 1.29 is 9.90 Å². The molecule has 1 N–H and O–H groups in total. The van der Waals surface area contributed by atoms with Crippen LogP contribution in [0.25, 0.3) is 0 Å². The molecule has 3 aliphatic rings. The molecule has 0 unspecified atom stereocenters. The number of carbonyl (C=O) groups is 1. The first kappa shape index (κ1) is 17.9. The van der Waals surface area contributed by atoms with Crippen molar-refractivity contribution in [3.8, 4) is 0 Å². The zero-order valence-corrected chi connectivity index (χ0v) is 16.1. The normalized spacial score (nSPS) is 26.8. The average molecular weight is 377 g/mol. The number of fused-ring (bicyclic) bond motifs is 2. The predicted octanol–water partition coefficient (Wildman–Crippen LogP) is 1.83. The van der Waals surface area contributed by atoms with E-state index in [0.29, 0.717) is 6.54 Å². The first-order chi connectivity index (χ1) is 13.6. The second-order valence-electron chi connectivity index (χ2n) is 8.60. The van der Waals surface area contributed by atoms with Crippen LogP contribution in [0.5, 0.6) is 0 Å². The van der Waals surface area contributed by atoms with E-state index < -0.39 is 0 Å². The van der Waals surface area contributed by atoms with E-state index in [4.69, 9.17) is 0 Å². The van der Waals surface area contributed by atoms with E-state index in [2.05, 4.69) is 34.1 Å². The summed E-state index contributed by atoms with van der Waals surface area (Å²) in [6.45, 7) is 5.03. The molecule has 2 atom stereocenters. The van der Waals surface area contributed by atoms with Crippen LogP contribution in [0.3, 0.4) is 0 Å². The Hall–Kier alpha value is -2.21. The molecule has 0 bridgehead atoms. The van der Waals surface area contributed by atoms with Crippen LogP contribution in [0.2, 0.25) is 0 Å². The van der Waals surface area contributed by atoms with Gasteiger partial charge in [0.25, 0.3) is 5.91 Å². The third kappa shape index (κ3) is 3.13. The fraction of sp³-hybridized carbons (Fsp3) is 0.435. The van der Waals surface area contributed by atoms with Gasteiger partial charge >= 0.3 is 0 Å². The maximum absolute atomic E-state index is 13.1. The molecule has 0 aliphatic carbocycles. The van der Waals surface area contributed by atoms with E-state index in [-0.39, 0.29) is 23.6 Å². The number of rotatable bonds is 3. The second kappa shape index (κ2) is 6.99. The lowest BCUT2D eigenvalue weighted by Crippen LogP contribution is -2.78. The van der Waals surface area contributed by atoms with Crippen LogP contribution in [-0.2, 0) is 6.54 Å². The van der Waals surface area contributed by atoms with Crippen molar-refractivity contribution in [3.05, 3.63) is 71.8 Å². The van der Waals surface area contributed by atoms with Gasteiger partial charge in [0, 0.05) is 50.9 Å². The Balaban J connectivity index is 1.34. The van der Waals surface area contributed by atoms with Crippen LogP contribution < -0.4 is 0 Å². The van der Waals surface area contributed by atoms with E-state index in [1.165, 1.54) is 5.56 Å². The smallest absolute Gasteiger partial charge is 0.253 e. The molecular formula is C23H27N3O2. The van der Waals surface area contributed by atoms with Gasteiger partial charge in [-0.15, -0.1) is 0 Å². The minimum Gasteiger partial charge on any atom is -0.392 e. The molecule has 28 heavy (non-hydrogen) atoms. The number of piperazine rings is 1. The summed E-state index contributed by atoms with van der Waals surface area (Å²) in [6, 6.07) is 20.4. The van der Waals surface area contributed by atoms with Crippen LogP contribution in [0, 0.1) is 0 Å². The largest absolute Gasteiger partial charge is 0.392 e. The Morgan fingerprint density at radius 2 is 1.64 bits per heavy atom. The monoisotopic (exact) mass is 377 g/mol. The number of aliphatic hydroxyl groups is 1. The number of β-amino-alcohol motifs (C(OH)–C–C–N with tert-alkyl or cyclic N) is 1. The SMILES string of the molecule is O=C(c1ccccc1)N1C[C@H]2C[C@@H](O)CN2C2(CN(Cc3ccccc3)C2)C1. The number of aliphatic hydroxyl groups excluding tert-OH is 1. The highest BCUT2D eigenvalue weighted by Crippen LogP contribution is 2.39. The molecule has 1 amide bonds. The van der Waals surface area contributed by atoms with Gasteiger partial charge in [0.05, 0.1) is 11.6 Å². The zero-order chi connectivity index (χ0) is 19.1. The fourth-order valence-electron chi connectivity index (χ4n) is 5.35. The van der Waals surface area contributed by atoms with Crippen LogP contribution in [0.15, 0.2) is 60.7 Å². The van der Waals surface area contributed by atoms with Gasteiger partial charge in [-0.1, -0.05) is 48.5 Å². The van der Waals surface area contributed by atoms with Crippen molar-refractivity contribution in [1.82, 2.24) is 14.7 Å². The van der Waals surface area contributed by atoms with Gasteiger partial charge in [0.1, 0.15) is 0 Å². The maximum atomic E-state index is 13.1. The summed E-state index contributed by atoms with van der Waals surface area (Å²) in [4.78, 5) is 20.1. The molecule has 0 aromatic heterocycles. The Morgan fingerprint density at radius 3 is 2.36 bits per heavy atom. The van der Waals surface area contributed by atoms with E-state index in [9.17, 15) is 9.90 Å². The number of benzene rings is 2. The number of amides is 1. The third-order valence-electron chi connectivity index (χ3n) is 6.51. The minimum absolute atomic E-state index is 0.0282. The molecule has 3 aliphatic heterocycles.